The van der Waals surface area contributed by atoms with Crippen LogP contribution >= 0.6 is 0 Å². The minimum atomic E-state index is -3.27. The van der Waals surface area contributed by atoms with Gasteiger partial charge in [-0.15, -0.1) is 0 Å². The predicted molar refractivity (Wildman–Crippen MR) is 113 cm³/mol. The minimum absolute atomic E-state index is 0.0906. The first-order chi connectivity index (χ1) is 15.8. The molecule has 33 heavy (non-hydrogen) atoms. The summed E-state index contributed by atoms with van der Waals surface area (Å²) >= 11 is 0. The number of aromatic carboxylic acids is 1. The van der Waals surface area contributed by atoms with Gasteiger partial charge in [0.1, 0.15) is 0 Å². The molecule has 0 aliphatic heterocycles. The first-order valence-corrected chi connectivity index (χ1v) is 9.85. The molecule has 2 aromatic carbocycles. The Bertz CT molecular complexity index is 1100. The molecule has 0 amide bonds. The molecule has 0 aliphatic rings. The normalized spacial score (nSPS) is 11.0. The van der Waals surface area contributed by atoms with Gasteiger partial charge in [-0.1, -0.05) is 19.1 Å². The van der Waals surface area contributed by atoms with Gasteiger partial charge in [-0.3, -0.25) is 4.98 Å². The fourth-order valence-electron chi connectivity index (χ4n) is 3.44. The molecular weight excluding hydrogens is 444 g/mol. The maximum absolute atomic E-state index is 12.9. The number of ether oxygens (including phenoxy) is 2. The average Bonchev–Trinajstić information content (AvgIpc) is 2.78. The van der Waals surface area contributed by atoms with Gasteiger partial charge >= 0.3 is 19.2 Å². The summed E-state index contributed by atoms with van der Waals surface area (Å²) in [4.78, 5) is 17.5. The second kappa shape index (κ2) is 10.7. The smallest absolute Gasteiger partial charge is 0.387 e. The first kappa shape index (κ1) is 23.8. The van der Waals surface area contributed by atoms with Crippen LogP contribution in [0.3, 0.4) is 0 Å². The number of carboxylic acid groups (broad SMARTS) is 1. The number of hydrogen-bond acceptors (Lipinski definition) is 5. The van der Waals surface area contributed by atoms with Crippen LogP contribution in [0.1, 0.15) is 28.4 Å². The van der Waals surface area contributed by atoms with Crippen LogP contribution in [0.25, 0.3) is 0 Å². The zero-order valence-electron chi connectivity index (χ0n) is 17.4. The number of halogens is 4. The third kappa shape index (κ3) is 5.91. The molecule has 0 unspecified atom stereocenters. The largest absolute Gasteiger partial charge is 0.478 e. The summed E-state index contributed by atoms with van der Waals surface area (Å²) in [6.45, 7) is -4.53. The number of carbonyl (C=O) groups is 1. The van der Waals surface area contributed by atoms with Crippen molar-refractivity contribution >= 4 is 17.3 Å². The highest BCUT2D eigenvalue weighted by molar-refractivity contribution is 5.92. The number of hydrogen-bond donors (Lipinski definition) is 1. The fourth-order valence-corrected chi connectivity index (χ4v) is 3.44. The van der Waals surface area contributed by atoms with Crippen molar-refractivity contribution < 1.29 is 36.9 Å². The molecule has 0 atom stereocenters. The molecule has 3 rings (SSSR count). The summed E-state index contributed by atoms with van der Waals surface area (Å²) in [7, 11) is 0. The van der Waals surface area contributed by atoms with Crippen LogP contribution in [-0.2, 0) is 13.0 Å². The Labute approximate surface area is 187 Å². The highest BCUT2D eigenvalue weighted by Crippen LogP contribution is 2.39. The standard InChI is InChI=1S/C23H20F4N2O4/c1-2-16-17(21(30)31)6-3-7-18(16)29(13-14-5-4-10-28-12-14)15-8-9-19(32-22(24)25)20(11-15)33-23(26)27/h3-12,22-23H,2,13H2,1H3,(H,30,31). The van der Waals surface area contributed by atoms with Gasteiger partial charge in [0.25, 0.3) is 0 Å². The Morgan fingerprint density at radius 3 is 2.36 bits per heavy atom. The number of benzene rings is 2. The SMILES string of the molecule is CCc1c(C(=O)O)cccc1N(Cc1cccnc1)c1ccc(OC(F)F)c(OC(F)F)c1. The van der Waals surface area contributed by atoms with Crippen LogP contribution in [0, 0.1) is 0 Å². The van der Waals surface area contributed by atoms with Crippen LogP contribution in [0.15, 0.2) is 60.9 Å². The van der Waals surface area contributed by atoms with Crippen molar-refractivity contribution in [3.63, 3.8) is 0 Å². The number of rotatable bonds is 10. The molecule has 0 saturated carbocycles. The molecule has 0 fully saturated rings. The third-order valence-corrected chi connectivity index (χ3v) is 4.76. The number of pyridine rings is 1. The topological polar surface area (TPSA) is 71.9 Å². The molecule has 1 N–H and O–H groups in total. The van der Waals surface area contributed by atoms with Crippen LogP contribution in [-0.4, -0.2) is 29.3 Å². The zero-order valence-corrected chi connectivity index (χ0v) is 17.4. The van der Waals surface area contributed by atoms with E-state index in [2.05, 4.69) is 14.5 Å². The molecular formula is C23H20F4N2O4. The number of alkyl halides is 4. The van der Waals surface area contributed by atoms with Gasteiger partial charge in [-0.05, 0) is 47.9 Å². The van der Waals surface area contributed by atoms with Crippen molar-refractivity contribution in [1.82, 2.24) is 4.98 Å². The fraction of sp³-hybridized carbons (Fsp3) is 0.217. The van der Waals surface area contributed by atoms with E-state index in [4.69, 9.17) is 0 Å². The monoisotopic (exact) mass is 464 g/mol. The maximum atomic E-state index is 12.9. The van der Waals surface area contributed by atoms with Gasteiger partial charge in [-0.25, -0.2) is 4.79 Å². The van der Waals surface area contributed by atoms with Crippen LogP contribution in [0.5, 0.6) is 11.5 Å². The summed E-state index contributed by atoms with van der Waals surface area (Å²) in [5.74, 6) is -2.24. The van der Waals surface area contributed by atoms with Crippen LogP contribution < -0.4 is 14.4 Å². The zero-order chi connectivity index (χ0) is 24.0. The van der Waals surface area contributed by atoms with E-state index < -0.39 is 30.7 Å². The Hall–Kier alpha value is -3.82. The summed E-state index contributed by atoms with van der Waals surface area (Å²) in [5.41, 5.74) is 2.15. The van der Waals surface area contributed by atoms with Gasteiger partial charge in [0.05, 0.1) is 5.56 Å². The Morgan fingerprint density at radius 1 is 1.03 bits per heavy atom. The van der Waals surface area contributed by atoms with E-state index in [1.54, 1.807) is 48.5 Å². The molecule has 3 aromatic rings. The highest BCUT2D eigenvalue weighted by atomic mass is 19.3. The highest BCUT2D eigenvalue weighted by Gasteiger charge is 2.22. The molecule has 10 heteroatoms. The third-order valence-electron chi connectivity index (χ3n) is 4.76. The van der Waals surface area contributed by atoms with Crippen molar-refractivity contribution in [2.45, 2.75) is 33.1 Å². The van der Waals surface area contributed by atoms with Gasteiger partial charge in [0, 0.05) is 36.4 Å². The summed E-state index contributed by atoms with van der Waals surface area (Å²) < 4.78 is 60.1. The summed E-state index contributed by atoms with van der Waals surface area (Å²) in [5, 5.41) is 9.61. The van der Waals surface area contributed by atoms with E-state index in [-0.39, 0.29) is 12.1 Å². The molecule has 174 valence electrons. The first-order valence-electron chi connectivity index (χ1n) is 9.85. The molecule has 0 bridgehead atoms. The van der Waals surface area contributed by atoms with E-state index in [1.807, 2.05) is 0 Å². The van der Waals surface area contributed by atoms with Gasteiger partial charge in [0.15, 0.2) is 11.5 Å². The van der Waals surface area contributed by atoms with E-state index in [0.717, 1.165) is 17.7 Å². The molecule has 6 nitrogen and oxygen atoms in total. The lowest BCUT2D eigenvalue weighted by atomic mass is 10.0. The molecule has 0 radical (unpaired) electrons. The predicted octanol–water partition coefficient (Wildman–Crippen LogP) is 5.88. The van der Waals surface area contributed by atoms with Crippen molar-refractivity contribution in [1.29, 1.82) is 0 Å². The van der Waals surface area contributed by atoms with Crippen molar-refractivity contribution in [2.75, 3.05) is 4.90 Å². The van der Waals surface area contributed by atoms with Crippen molar-refractivity contribution in [3.05, 3.63) is 77.6 Å². The molecule has 0 spiro atoms. The molecule has 0 saturated heterocycles. The minimum Gasteiger partial charge on any atom is -0.478 e. The van der Waals surface area contributed by atoms with E-state index in [9.17, 15) is 27.5 Å². The number of aromatic nitrogens is 1. The molecule has 0 aliphatic carbocycles. The lowest BCUT2D eigenvalue weighted by molar-refractivity contribution is -0.0692. The van der Waals surface area contributed by atoms with Crippen LogP contribution in [0.2, 0.25) is 0 Å². The number of nitrogens with zero attached hydrogens (tertiary/aromatic N) is 2. The second-order valence-corrected chi connectivity index (χ2v) is 6.80. The number of carboxylic acids is 1. The van der Waals surface area contributed by atoms with E-state index in [1.165, 1.54) is 12.1 Å². The lowest BCUT2D eigenvalue weighted by Crippen LogP contribution is -2.20. The van der Waals surface area contributed by atoms with Gasteiger partial charge in [-0.2, -0.15) is 17.6 Å². The van der Waals surface area contributed by atoms with Crippen molar-refractivity contribution in [3.8, 4) is 11.5 Å². The number of anilines is 2. The van der Waals surface area contributed by atoms with Crippen LogP contribution in [0.4, 0.5) is 28.9 Å². The average molecular weight is 464 g/mol. The van der Waals surface area contributed by atoms with Gasteiger partial charge < -0.3 is 19.5 Å². The Morgan fingerprint density at radius 2 is 1.76 bits per heavy atom. The van der Waals surface area contributed by atoms with Gasteiger partial charge in [0.2, 0.25) is 0 Å². The van der Waals surface area contributed by atoms with Crippen molar-refractivity contribution in [2.24, 2.45) is 0 Å². The summed E-state index contributed by atoms with van der Waals surface area (Å²) in [6.07, 6.45) is 3.56. The lowest BCUT2D eigenvalue weighted by Gasteiger charge is -2.28. The van der Waals surface area contributed by atoms with E-state index >= 15 is 0 Å². The quantitative estimate of drug-likeness (QED) is 0.378. The van der Waals surface area contributed by atoms with E-state index in [0.29, 0.717) is 23.4 Å². The Balaban J connectivity index is 2.17. The maximum Gasteiger partial charge on any atom is 0.387 e. The Kier molecular flexibility index (Phi) is 7.70. The molecule has 1 heterocycles. The molecule has 1 aromatic heterocycles. The summed E-state index contributed by atoms with van der Waals surface area (Å²) in [6, 6.07) is 11.9. The second-order valence-electron chi connectivity index (χ2n) is 6.80.